The van der Waals surface area contributed by atoms with E-state index in [1.807, 2.05) is 0 Å². The van der Waals surface area contributed by atoms with Gasteiger partial charge in [0.25, 0.3) is 0 Å². The van der Waals surface area contributed by atoms with Crippen molar-refractivity contribution in [1.29, 1.82) is 0 Å². The third-order valence-corrected chi connectivity index (χ3v) is 1.33. The molecule has 84 valence electrons. The molecule has 0 radical (unpaired) electrons. The van der Waals surface area contributed by atoms with Gasteiger partial charge in [0.05, 0.1) is 6.04 Å². The Bertz CT molecular complexity index is 169. The molecule has 0 bridgehead atoms. The number of hydrogen-bond acceptors (Lipinski definition) is 4. The number of hydrogen-bond donors (Lipinski definition) is 5. The van der Waals surface area contributed by atoms with Crippen LogP contribution in [0.3, 0.4) is 0 Å². The van der Waals surface area contributed by atoms with Gasteiger partial charge in [-0.15, -0.1) is 0 Å². The Labute approximate surface area is 83.0 Å². The van der Waals surface area contributed by atoms with Crippen LogP contribution in [-0.2, 0) is 4.79 Å². The molecule has 0 aliphatic heterocycles. The number of nitrogens with two attached hydrogens (primary N) is 5. The van der Waals surface area contributed by atoms with Crippen molar-refractivity contribution in [3.63, 3.8) is 0 Å². The summed E-state index contributed by atoms with van der Waals surface area (Å²) in [5.74, 6) is -0.433. The molecule has 0 aliphatic rings. The van der Waals surface area contributed by atoms with Gasteiger partial charge in [0.2, 0.25) is 5.91 Å². The van der Waals surface area contributed by atoms with E-state index in [0.29, 0.717) is 13.0 Å². The van der Waals surface area contributed by atoms with Crippen molar-refractivity contribution in [2.24, 2.45) is 28.7 Å². The number of unbranched alkanes of at least 4 members (excludes halogenated alkanes) is 1. The van der Waals surface area contributed by atoms with E-state index >= 15 is 0 Å². The van der Waals surface area contributed by atoms with Gasteiger partial charge in [-0.05, 0) is 19.4 Å². The number of amides is 3. The minimum atomic E-state index is -0.833. The molecule has 0 spiro atoms. The SMILES string of the molecule is NC(N)=O.NCCCCC(N)C(N)=O. The minimum Gasteiger partial charge on any atom is -0.368 e. The lowest BCUT2D eigenvalue weighted by atomic mass is 10.1. The quantitative estimate of drug-likeness (QED) is 0.326. The fourth-order valence-corrected chi connectivity index (χ4v) is 0.651. The summed E-state index contributed by atoms with van der Waals surface area (Å²) in [6.07, 6.45) is 2.42. The second-order valence-electron chi connectivity index (χ2n) is 2.70. The van der Waals surface area contributed by atoms with E-state index in [1.54, 1.807) is 0 Å². The first-order chi connectivity index (χ1) is 6.41. The Kier molecular flexibility index (Phi) is 10.5. The fourth-order valence-electron chi connectivity index (χ4n) is 0.651. The zero-order valence-electron chi connectivity index (χ0n) is 8.11. The van der Waals surface area contributed by atoms with Gasteiger partial charge in [0, 0.05) is 0 Å². The molecule has 7 heteroatoms. The Hall–Kier alpha value is -1.34. The molecule has 0 fully saturated rings. The van der Waals surface area contributed by atoms with Gasteiger partial charge in [-0.1, -0.05) is 6.42 Å². The molecular formula is C7H19N5O2. The first kappa shape index (κ1) is 15.1. The average Bonchev–Trinajstić information content (AvgIpc) is 2.03. The first-order valence-corrected chi connectivity index (χ1v) is 4.21. The van der Waals surface area contributed by atoms with Gasteiger partial charge in [0.15, 0.2) is 0 Å². The van der Waals surface area contributed by atoms with Gasteiger partial charge in [-0.25, -0.2) is 4.79 Å². The van der Waals surface area contributed by atoms with Crippen molar-refractivity contribution in [2.45, 2.75) is 25.3 Å². The molecule has 0 rings (SSSR count). The number of carbonyl (C=O) groups excluding carboxylic acids is 2. The van der Waals surface area contributed by atoms with E-state index in [0.717, 1.165) is 12.8 Å². The van der Waals surface area contributed by atoms with E-state index in [1.165, 1.54) is 0 Å². The lowest BCUT2D eigenvalue weighted by Gasteiger charge is -2.04. The normalized spacial score (nSPS) is 11.0. The monoisotopic (exact) mass is 205 g/mol. The molecule has 1 unspecified atom stereocenters. The third-order valence-electron chi connectivity index (χ3n) is 1.33. The van der Waals surface area contributed by atoms with Gasteiger partial charge in [-0.3, -0.25) is 4.79 Å². The van der Waals surface area contributed by atoms with Crippen LogP contribution in [0.5, 0.6) is 0 Å². The van der Waals surface area contributed by atoms with Crippen LogP contribution in [0.1, 0.15) is 19.3 Å². The number of carbonyl (C=O) groups is 2. The van der Waals surface area contributed by atoms with E-state index in [9.17, 15) is 4.79 Å². The van der Waals surface area contributed by atoms with Crippen LogP contribution in [0.15, 0.2) is 0 Å². The molecule has 0 saturated heterocycles. The van der Waals surface area contributed by atoms with Gasteiger partial charge >= 0.3 is 6.03 Å². The smallest absolute Gasteiger partial charge is 0.309 e. The molecule has 1 atom stereocenters. The standard InChI is InChI=1S/C6H15N3O.CH4N2O/c7-4-2-1-3-5(8)6(9)10;2-1(3)4/h5H,1-4,7-8H2,(H2,9,10);(H4,2,3,4). The highest BCUT2D eigenvalue weighted by Crippen LogP contribution is 1.96. The van der Waals surface area contributed by atoms with Crippen molar-refractivity contribution >= 4 is 11.9 Å². The molecule has 3 amide bonds. The van der Waals surface area contributed by atoms with Crippen LogP contribution >= 0.6 is 0 Å². The van der Waals surface area contributed by atoms with Gasteiger partial charge in [-0.2, -0.15) is 0 Å². The maximum absolute atomic E-state index is 10.4. The summed E-state index contributed by atoms with van der Waals surface area (Å²) in [6, 6.07) is -1.33. The molecule has 0 aromatic heterocycles. The highest BCUT2D eigenvalue weighted by atomic mass is 16.2. The Balaban J connectivity index is 0. The zero-order valence-corrected chi connectivity index (χ0v) is 8.11. The van der Waals surface area contributed by atoms with E-state index < -0.39 is 18.0 Å². The number of rotatable bonds is 5. The van der Waals surface area contributed by atoms with Crippen LogP contribution in [0.4, 0.5) is 4.79 Å². The van der Waals surface area contributed by atoms with E-state index in [-0.39, 0.29) is 0 Å². The highest BCUT2D eigenvalue weighted by molar-refractivity contribution is 5.79. The second kappa shape index (κ2) is 9.75. The summed E-state index contributed by atoms with van der Waals surface area (Å²) in [7, 11) is 0. The van der Waals surface area contributed by atoms with Crippen molar-refractivity contribution in [1.82, 2.24) is 0 Å². The topological polar surface area (TPSA) is 164 Å². The van der Waals surface area contributed by atoms with Crippen molar-refractivity contribution in [3.8, 4) is 0 Å². The van der Waals surface area contributed by atoms with Crippen LogP contribution < -0.4 is 28.7 Å². The highest BCUT2D eigenvalue weighted by Gasteiger charge is 2.06. The largest absolute Gasteiger partial charge is 0.368 e. The van der Waals surface area contributed by atoms with Crippen LogP contribution in [-0.4, -0.2) is 24.5 Å². The van der Waals surface area contributed by atoms with Crippen molar-refractivity contribution < 1.29 is 9.59 Å². The number of primary amides is 3. The summed E-state index contributed by atoms with van der Waals surface area (Å²) in [5.41, 5.74) is 24.0. The summed E-state index contributed by atoms with van der Waals surface area (Å²) in [6.45, 7) is 0.644. The summed E-state index contributed by atoms with van der Waals surface area (Å²) >= 11 is 0. The summed E-state index contributed by atoms with van der Waals surface area (Å²) in [4.78, 5) is 19.4. The lowest BCUT2D eigenvalue weighted by Crippen LogP contribution is -2.36. The predicted octanol–water partition coefficient (Wildman–Crippen LogP) is -2.05. The van der Waals surface area contributed by atoms with Gasteiger partial charge in [0.1, 0.15) is 0 Å². The zero-order chi connectivity index (χ0) is 11.6. The lowest BCUT2D eigenvalue weighted by molar-refractivity contribution is -0.119. The Morgan fingerprint density at radius 3 is 1.79 bits per heavy atom. The summed E-state index contributed by atoms with van der Waals surface area (Å²) < 4.78 is 0. The molecule has 0 aliphatic carbocycles. The maximum atomic E-state index is 10.4. The molecule has 0 saturated carbocycles. The number of urea groups is 1. The molecule has 10 N–H and O–H groups in total. The Morgan fingerprint density at radius 2 is 1.50 bits per heavy atom. The first-order valence-electron chi connectivity index (χ1n) is 4.21. The fraction of sp³-hybridized carbons (Fsp3) is 0.714. The van der Waals surface area contributed by atoms with E-state index in [4.69, 9.17) is 22.0 Å². The van der Waals surface area contributed by atoms with Crippen LogP contribution in [0.25, 0.3) is 0 Å². The molecule has 0 heterocycles. The second-order valence-corrected chi connectivity index (χ2v) is 2.70. The molecular weight excluding hydrogens is 186 g/mol. The minimum absolute atomic E-state index is 0.433. The molecule has 7 nitrogen and oxygen atoms in total. The third kappa shape index (κ3) is 17.0. The van der Waals surface area contributed by atoms with Crippen LogP contribution in [0, 0.1) is 0 Å². The van der Waals surface area contributed by atoms with Crippen LogP contribution in [0.2, 0.25) is 0 Å². The predicted molar refractivity (Wildman–Crippen MR) is 53.8 cm³/mol. The summed E-state index contributed by atoms with van der Waals surface area (Å²) in [5, 5.41) is 0. The molecule has 0 aromatic carbocycles. The van der Waals surface area contributed by atoms with E-state index in [2.05, 4.69) is 11.5 Å². The maximum Gasteiger partial charge on any atom is 0.309 e. The van der Waals surface area contributed by atoms with Gasteiger partial charge < -0.3 is 28.7 Å². The van der Waals surface area contributed by atoms with Crippen molar-refractivity contribution in [3.05, 3.63) is 0 Å². The average molecular weight is 205 g/mol. The molecule has 0 aromatic rings. The molecule has 14 heavy (non-hydrogen) atoms. The van der Waals surface area contributed by atoms with Crippen molar-refractivity contribution in [2.75, 3.05) is 6.54 Å². The Morgan fingerprint density at radius 1 is 1.07 bits per heavy atom.